The Balaban J connectivity index is 1.75. The average Bonchev–Trinajstić information content (AvgIpc) is 3.10. The van der Waals surface area contributed by atoms with Crippen LogP contribution in [0.15, 0.2) is 96.0 Å². The van der Waals surface area contributed by atoms with Crippen molar-refractivity contribution in [2.75, 3.05) is 13.6 Å². The molecule has 2 atom stereocenters. The number of rotatable bonds is 14. The number of guanidine groups is 1. The number of carbonyl (C=O) groups is 5. The van der Waals surface area contributed by atoms with Gasteiger partial charge in [0.15, 0.2) is 0 Å². The lowest BCUT2D eigenvalue weighted by Gasteiger charge is -2.30. The van der Waals surface area contributed by atoms with Gasteiger partial charge in [0, 0.05) is 20.0 Å². The van der Waals surface area contributed by atoms with Crippen LogP contribution >= 0.6 is 0 Å². The molecule has 0 heterocycles. The summed E-state index contributed by atoms with van der Waals surface area (Å²) in [7, 11) is 1.35. The fourth-order valence-corrected chi connectivity index (χ4v) is 4.72. The third kappa shape index (κ3) is 13.5. The monoisotopic (exact) mass is 703 g/mol. The lowest BCUT2D eigenvalue weighted by Crippen LogP contribution is -2.53. The number of carboxylic acid groups (broad SMARTS) is 1. The lowest BCUT2D eigenvalue weighted by atomic mass is 10.0. The molecule has 0 aliphatic rings. The smallest absolute Gasteiger partial charge is 0.426 e. The molecule has 0 bridgehead atoms. The molecule has 51 heavy (non-hydrogen) atoms. The zero-order chi connectivity index (χ0) is 37.4. The van der Waals surface area contributed by atoms with Gasteiger partial charge in [0.05, 0.1) is 0 Å². The Morgan fingerprint density at radius 1 is 0.804 bits per heavy atom. The Bertz CT molecular complexity index is 1570. The topological polar surface area (TPSA) is 190 Å². The molecule has 3 rings (SSSR count). The molecule has 4 N–H and O–H groups in total. The molecule has 0 radical (unpaired) electrons. The predicted octanol–water partition coefficient (Wildman–Crippen LogP) is 5.10. The quantitative estimate of drug-likeness (QED) is 0.0881. The van der Waals surface area contributed by atoms with Gasteiger partial charge in [-0.1, -0.05) is 91.0 Å². The number of alkyl carbamates (subject to hydrolysis) is 1. The minimum Gasteiger partial charge on any atom is -0.480 e. The molecule has 3 aromatic carbocycles. The van der Waals surface area contributed by atoms with Crippen LogP contribution in [-0.2, 0) is 43.4 Å². The van der Waals surface area contributed by atoms with E-state index in [-0.39, 0.29) is 39.0 Å². The highest BCUT2D eigenvalue weighted by molar-refractivity contribution is 6.07. The van der Waals surface area contributed by atoms with Crippen LogP contribution in [-0.4, -0.2) is 82.3 Å². The summed E-state index contributed by atoms with van der Waals surface area (Å²) in [6.07, 6.45) is -2.97. The number of aliphatic carboxylic acids is 1. The van der Waals surface area contributed by atoms with Crippen molar-refractivity contribution in [3.63, 3.8) is 0 Å². The lowest BCUT2D eigenvalue weighted by molar-refractivity contribution is -0.149. The second-order valence-corrected chi connectivity index (χ2v) is 12.5. The number of amides is 4. The van der Waals surface area contributed by atoms with Crippen LogP contribution < -0.4 is 11.1 Å². The van der Waals surface area contributed by atoms with Crippen LogP contribution in [0.5, 0.6) is 0 Å². The van der Waals surface area contributed by atoms with Crippen molar-refractivity contribution in [1.82, 2.24) is 15.1 Å². The van der Waals surface area contributed by atoms with E-state index in [1.165, 1.54) is 7.05 Å². The van der Waals surface area contributed by atoms with Crippen LogP contribution in [0.25, 0.3) is 0 Å². The number of nitrogens with one attached hydrogen (secondary N) is 1. The van der Waals surface area contributed by atoms with Crippen molar-refractivity contribution in [3.05, 3.63) is 108 Å². The number of hydrogen-bond donors (Lipinski definition) is 3. The molecule has 0 saturated carbocycles. The van der Waals surface area contributed by atoms with Gasteiger partial charge in [-0.15, -0.1) is 4.90 Å². The largest absolute Gasteiger partial charge is 0.480 e. The fraction of sp³-hybridized carbons (Fsp3) is 0.351. The number of imide groups is 1. The van der Waals surface area contributed by atoms with E-state index in [1.807, 2.05) is 0 Å². The van der Waals surface area contributed by atoms with E-state index >= 15 is 0 Å². The first-order valence-electron chi connectivity index (χ1n) is 16.3. The first kappa shape index (κ1) is 39.5. The molecule has 14 nitrogen and oxygen atoms in total. The Hall–Kier alpha value is -5.92. The van der Waals surface area contributed by atoms with Gasteiger partial charge in [-0.3, -0.25) is 9.79 Å². The zero-order valence-electron chi connectivity index (χ0n) is 29.2. The van der Waals surface area contributed by atoms with Gasteiger partial charge in [-0.2, -0.15) is 0 Å². The summed E-state index contributed by atoms with van der Waals surface area (Å²) >= 11 is 0. The third-order valence-electron chi connectivity index (χ3n) is 7.29. The molecule has 3 aromatic rings. The maximum atomic E-state index is 13.7. The second kappa shape index (κ2) is 19.3. The van der Waals surface area contributed by atoms with Crippen molar-refractivity contribution >= 4 is 36.1 Å². The summed E-state index contributed by atoms with van der Waals surface area (Å²) in [6, 6.07) is 24.0. The summed E-state index contributed by atoms with van der Waals surface area (Å²) in [5, 5.41) is 12.5. The highest BCUT2D eigenvalue weighted by Gasteiger charge is 2.33. The Kier molecular flexibility index (Phi) is 15.0. The molecule has 0 fully saturated rings. The minimum absolute atomic E-state index is 0.0201. The first-order chi connectivity index (χ1) is 24.2. The van der Waals surface area contributed by atoms with Crippen molar-refractivity contribution in [2.45, 2.75) is 70.9 Å². The number of hydrogen-bond acceptors (Lipinski definition) is 9. The Morgan fingerprint density at radius 2 is 1.27 bits per heavy atom. The Labute approximate surface area is 297 Å². The number of carbonyl (C=O) groups excluding carboxylic acids is 4. The molecular formula is C37H45N5O9. The van der Waals surface area contributed by atoms with E-state index in [9.17, 15) is 29.1 Å². The van der Waals surface area contributed by atoms with Crippen molar-refractivity contribution in [2.24, 2.45) is 10.7 Å². The summed E-state index contributed by atoms with van der Waals surface area (Å²) in [6.45, 7) is 4.59. The van der Waals surface area contributed by atoms with Gasteiger partial charge in [0.2, 0.25) is 11.9 Å². The molecule has 14 heteroatoms. The number of benzene rings is 3. The van der Waals surface area contributed by atoms with Crippen molar-refractivity contribution in [3.8, 4) is 0 Å². The van der Waals surface area contributed by atoms with E-state index in [0.717, 1.165) is 4.90 Å². The molecule has 0 spiro atoms. The molecule has 4 amide bonds. The predicted molar refractivity (Wildman–Crippen MR) is 188 cm³/mol. The van der Waals surface area contributed by atoms with Crippen LogP contribution in [0.1, 0.15) is 50.3 Å². The maximum absolute atomic E-state index is 13.7. The number of aliphatic imine (C=N–C) groups is 1. The highest BCUT2D eigenvalue weighted by atomic mass is 16.6. The first-order valence-corrected chi connectivity index (χ1v) is 16.3. The van der Waals surface area contributed by atoms with Crippen molar-refractivity contribution in [1.29, 1.82) is 0 Å². The standard InChI is InChI=1S/C37H45N5O9/c1-37(2,3)51-34(46)40-29(31(43)41(4)30(32(44)45)23-26-15-8-5-9-16-26)21-14-22-39-33(38)42(35(47)49-24-27-17-10-6-11-18-27)36(48)50-25-28-19-12-7-13-20-28/h5-13,15-20,29-30H,14,21-25H2,1-4H3,(H2,38,39)(H,40,46)(H,44,45)/t29-,30-/m0/s1. The summed E-state index contributed by atoms with van der Waals surface area (Å²) in [5.41, 5.74) is 7.31. The molecule has 0 aliphatic carbocycles. The molecular weight excluding hydrogens is 658 g/mol. The maximum Gasteiger partial charge on any atom is 0.426 e. The van der Waals surface area contributed by atoms with Gasteiger partial charge in [0.1, 0.15) is 30.9 Å². The molecule has 0 aliphatic heterocycles. The second-order valence-electron chi connectivity index (χ2n) is 12.5. The molecule has 0 saturated heterocycles. The van der Waals surface area contributed by atoms with E-state index < -0.39 is 53.8 Å². The third-order valence-corrected chi connectivity index (χ3v) is 7.29. The van der Waals surface area contributed by atoms with Gasteiger partial charge < -0.3 is 35.3 Å². The highest BCUT2D eigenvalue weighted by Crippen LogP contribution is 2.14. The van der Waals surface area contributed by atoms with Gasteiger partial charge in [-0.25, -0.2) is 19.2 Å². The van der Waals surface area contributed by atoms with Crippen molar-refractivity contribution < 1.29 is 43.3 Å². The number of carboxylic acids is 1. The van der Waals surface area contributed by atoms with Crippen LogP contribution in [0.2, 0.25) is 0 Å². The average molecular weight is 704 g/mol. The van der Waals surface area contributed by atoms with E-state index in [2.05, 4.69) is 10.3 Å². The number of nitrogens with two attached hydrogens (primary N) is 1. The van der Waals surface area contributed by atoms with Crippen LogP contribution in [0.3, 0.4) is 0 Å². The van der Waals surface area contributed by atoms with E-state index in [0.29, 0.717) is 21.6 Å². The minimum atomic E-state index is -1.23. The molecule has 0 unspecified atom stereocenters. The number of nitrogens with zero attached hydrogens (tertiary/aromatic N) is 3. The fourth-order valence-electron chi connectivity index (χ4n) is 4.72. The van der Waals surface area contributed by atoms with Gasteiger partial charge in [-0.05, 0) is 50.3 Å². The van der Waals surface area contributed by atoms with Gasteiger partial charge >= 0.3 is 24.2 Å². The Morgan fingerprint density at radius 3 is 1.73 bits per heavy atom. The summed E-state index contributed by atoms with van der Waals surface area (Å²) in [5.74, 6) is -2.40. The molecule has 0 aromatic heterocycles. The van der Waals surface area contributed by atoms with Gasteiger partial charge in [0.25, 0.3) is 0 Å². The molecule has 272 valence electrons. The summed E-state index contributed by atoms with van der Waals surface area (Å²) in [4.78, 5) is 70.5. The SMILES string of the molecule is CN(C(=O)[C@H](CCCN=C(N)N(C(=O)OCc1ccccc1)C(=O)OCc1ccccc1)NC(=O)OC(C)(C)C)[C@@H](Cc1ccccc1)C(=O)O. The number of likely N-dealkylation sites (N-methyl/N-ethyl adjacent to an activating group) is 1. The number of ether oxygens (including phenoxy) is 3. The van der Waals surface area contributed by atoms with E-state index in [1.54, 1.807) is 112 Å². The zero-order valence-corrected chi connectivity index (χ0v) is 29.2. The van der Waals surface area contributed by atoms with Crippen LogP contribution in [0, 0.1) is 0 Å². The van der Waals surface area contributed by atoms with E-state index in [4.69, 9.17) is 19.9 Å². The normalized spacial score (nSPS) is 12.5. The summed E-state index contributed by atoms with van der Waals surface area (Å²) < 4.78 is 16.0. The van der Waals surface area contributed by atoms with Crippen LogP contribution in [0.4, 0.5) is 14.4 Å².